The van der Waals surface area contributed by atoms with E-state index < -0.39 is 55.1 Å². The molecule has 0 aliphatic heterocycles. The fourth-order valence-corrected chi connectivity index (χ4v) is 55.4. The third-order valence-electron chi connectivity index (χ3n) is 13.3. The van der Waals surface area contributed by atoms with Gasteiger partial charge in [0, 0.05) is 0 Å². The Kier molecular flexibility index (Phi) is 34.6. The zero-order valence-electron chi connectivity index (χ0n) is 42.3. The van der Waals surface area contributed by atoms with Gasteiger partial charge in [-0.05, 0) is 0 Å². The van der Waals surface area contributed by atoms with E-state index in [2.05, 4.69) is 105 Å². The summed E-state index contributed by atoms with van der Waals surface area (Å²) >= 11 is -7.22. The van der Waals surface area contributed by atoms with Gasteiger partial charge in [0.2, 0.25) is 0 Å². The van der Waals surface area contributed by atoms with E-state index in [-0.39, 0.29) is 12.6 Å². The molecule has 0 aliphatic carbocycles. The van der Waals surface area contributed by atoms with Crippen LogP contribution in [0, 0.1) is 0 Å². The third-order valence-corrected chi connectivity index (χ3v) is 58.8. The van der Waals surface area contributed by atoms with Crippen molar-refractivity contribution in [3.05, 3.63) is 35.3 Å². The molecule has 362 valence electrons. The van der Waals surface area contributed by atoms with Crippen LogP contribution in [0.15, 0.2) is 18.2 Å². The molecule has 0 unspecified atom stereocenters. The van der Waals surface area contributed by atoms with Crippen LogP contribution in [0.3, 0.4) is 0 Å². The Balaban J connectivity index is 0.000000474. The zero-order valence-corrected chi connectivity index (χ0v) is 50.9. The molecule has 0 amide bonds. The Hall–Kier alpha value is -0.874. The average Bonchev–Trinajstić information content (AvgIpc) is 4.12. The molecule has 0 atom stereocenters. The van der Waals surface area contributed by atoms with Crippen LogP contribution in [-0.2, 0) is 11.3 Å². The first kappa shape index (κ1) is 60.1. The number of rotatable bonds is 34. The molecule has 0 radical (unpaired) electrons. The summed E-state index contributed by atoms with van der Waals surface area (Å²) in [4.78, 5) is 22.9. The second-order valence-corrected chi connectivity index (χ2v) is 57.7. The van der Waals surface area contributed by atoms with Gasteiger partial charge in [-0.3, -0.25) is 0 Å². The number of nitrogens with one attached hydrogen (secondary N) is 3. The molecule has 3 heterocycles. The van der Waals surface area contributed by atoms with Gasteiger partial charge in [0.1, 0.15) is 0 Å². The number of aliphatic hydroxyl groups is 1. The predicted molar refractivity (Wildman–Crippen MR) is 277 cm³/mol. The van der Waals surface area contributed by atoms with Crippen molar-refractivity contribution in [3.8, 4) is 0 Å². The molecule has 0 bridgehead atoms. The summed E-state index contributed by atoms with van der Waals surface area (Å²) in [7, 11) is 0. The SMILES string of the molecule is CCC[CH2][Sn]([CH2]CCC)([CH2]CCC)[c]1cc(C(=O)OCC)n[nH]1.CCC[CH2][Sn]([CH2]CCC)([CH2]CCC)[c]1cc(C=O)n[nH]1.CCC[CH2][Sn]([CH2]CCC)([CH2]CCC)[c]1cc(CO)[nH]n1. The van der Waals surface area contributed by atoms with Crippen LogP contribution in [0.4, 0.5) is 0 Å². The number of aromatic amines is 3. The average molecular weight is 1200 g/mol. The summed E-state index contributed by atoms with van der Waals surface area (Å²) in [5.41, 5.74) is 1.95. The predicted octanol–water partition coefficient (Wildman–Crippen LogP) is 12.9. The number of hydrogen-bond acceptors (Lipinski definition) is 7. The summed E-state index contributed by atoms with van der Waals surface area (Å²) < 4.78 is 21.8. The molecular formula is C50H96N6O4Sn3. The Morgan fingerprint density at radius 1 is 0.524 bits per heavy atom. The molecule has 0 saturated carbocycles. The van der Waals surface area contributed by atoms with Crippen molar-refractivity contribution in [2.24, 2.45) is 0 Å². The van der Waals surface area contributed by atoms with Gasteiger partial charge in [-0.25, -0.2) is 0 Å². The van der Waals surface area contributed by atoms with Gasteiger partial charge < -0.3 is 0 Å². The maximum absolute atomic E-state index is 11.9. The van der Waals surface area contributed by atoms with Crippen LogP contribution >= 0.6 is 0 Å². The second kappa shape index (κ2) is 36.2. The monoisotopic (exact) mass is 1200 g/mol. The fraction of sp³-hybridized carbons (Fsp3) is 0.780. The number of aromatic nitrogens is 6. The van der Waals surface area contributed by atoms with Gasteiger partial charge in [-0.15, -0.1) is 0 Å². The Morgan fingerprint density at radius 2 is 0.889 bits per heavy atom. The minimum absolute atomic E-state index is 0.0876. The maximum atomic E-state index is 11.9. The molecule has 3 rings (SSSR count). The van der Waals surface area contributed by atoms with Gasteiger partial charge in [-0.2, -0.15) is 0 Å². The van der Waals surface area contributed by atoms with Crippen LogP contribution in [0.25, 0.3) is 0 Å². The molecule has 4 N–H and O–H groups in total. The zero-order chi connectivity index (χ0) is 46.8. The molecule has 0 spiro atoms. The first-order valence-corrected chi connectivity index (χ1v) is 48.4. The number of aliphatic hydroxyl groups excluding tert-OH is 1. The topological polar surface area (TPSA) is 150 Å². The Bertz CT molecular complexity index is 1510. The minimum atomic E-state index is -2.50. The number of H-pyrrole nitrogens is 3. The van der Waals surface area contributed by atoms with E-state index in [9.17, 15) is 14.7 Å². The van der Waals surface area contributed by atoms with Crippen molar-refractivity contribution in [3.63, 3.8) is 0 Å². The van der Waals surface area contributed by atoms with Crippen molar-refractivity contribution in [2.45, 2.75) is 231 Å². The van der Waals surface area contributed by atoms with E-state index in [1.54, 1.807) is 0 Å². The Morgan fingerprint density at radius 3 is 1.21 bits per heavy atom. The quantitative estimate of drug-likeness (QED) is 0.0264. The van der Waals surface area contributed by atoms with Crippen molar-refractivity contribution in [1.29, 1.82) is 0 Å². The molecule has 0 saturated heterocycles. The third kappa shape index (κ3) is 21.3. The van der Waals surface area contributed by atoms with Crippen molar-refractivity contribution >= 4 is 78.5 Å². The standard InChI is InChI=1S/C6H7N2O2.C4H5N2O.C4H3N2O.9C4H9.3Sn/c1-2-10-6(9)5-3-4-7-8-5;2*7-3-4-1-2-5-6-4;9*1-3-4-2;;;/h3H,2H2,1H3,(H,7,8);1,7H,3H2,(H,5,6);1,3H,(H,5,6);9*1,3-4H2,2H3;;;. The summed E-state index contributed by atoms with van der Waals surface area (Å²) in [6, 6.07) is 6.26. The molecule has 13 heteroatoms. The molecule has 0 aromatic carbocycles. The van der Waals surface area contributed by atoms with Crippen LogP contribution in [0.5, 0.6) is 0 Å². The second-order valence-electron chi connectivity index (χ2n) is 18.4. The van der Waals surface area contributed by atoms with E-state index in [1.165, 1.54) is 167 Å². The van der Waals surface area contributed by atoms with Crippen molar-refractivity contribution < 1.29 is 19.4 Å². The van der Waals surface area contributed by atoms with Gasteiger partial charge >= 0.3 is 402 Å². The normalized spacial score (nSPS) is 11.8. The molecule has 0 aliphatic rings. The van der Waals surface area contributed by atoms with Crippen LogP contribution < -0.4 is 11.1 Å². The van der Waals surface area contributed by atoms with Crippen LogP contribution in [-0.4, -0.2) is 110 Å². The van der Waals surface area contributed by atoms with Gasteiger partial charge in [-0.1, -0.05) is 0 Å². The molecule has 10 nitrogen and oxygen atoms in total. The number of carbonyl (C=O) groups is 2. The Labute approximate surface area is 398 Å². The number of aldehydes is 1. The van der Waals surface area contributed by atoms with E-state index in [0.29, 0.717) is 18.0 Å². The first-order chi connectivity index (χ1) is 30.6. The number of carbonyl (C=O) groups excluding carboxylic acids is 2. The van der Waals surface area contributed by atoms with E-state index in [4.69, 9.17) is 4.74 Å². The van der Waals surface area contributed by atoms with Crippen LogP contribution in [0.1, 0.15) is 211 Å². The molecule has 3 aromatic heterocycles. The number of esters is 1. The van der Waals surface area contributed by atoms with Crippen molar-refractivity contribution in [2.75, 3.05) is 6.61 Å². The van der Waals surface area contributed by atoms with Gasteiger partial charge in [0.05, 0.1) is 0 Å². The van der Waals surface area contributed by atoms with Gasteiger partial charge in [0.15, 0.2) is 0 Å². The molecule has 3 aromatic rings. The summed E-state index contributed by atoms with van der Waals surface area (Å²) in [6.07, 6.45) is 24.2. The van der Waals surface area contributed by atoms with Crippen molar-refractivity contribution in [1.82, 2.24) is 30.6 Å². The summed E-state index contributed by atoms with van der Waals surface area (Å²) in [5, 5.41) is 31.9. The van der Waals surface area contributed by atoms with E-state index in [1.807, 2.05) is 13.0 Å². The first-order valence-electron chi connectivity index (χ1n) is 26.0. The molecular weight excluding hydrogens is 1100 g/mol. The number of unbranched alkanes of at least 4 members (excludes halogenated alkanes) is 9. The molecule has 0 fully saturated rings. The summed E-state index contributed by atoms with van der Waals surface area (Å²) in [5.74, 6) is -0.295. The van der Waals surface area contributed by atoms with Crippen LogP contribution in [0.2, 0.25) is 39.9 Å². The van der Waals surface area contributed by atoms with Gasteiger partial charge in [0.25, 0.3) is 0 Å². The summed E-state index contributed by atoms with van der Waals surface area (Å²) in [6.45, 7) is 22.8. The molecule has 63 heavy (non-hydrogen) atoms. The van der Waals surface area contributed by atoms with E-state index in [0.717, 1.165) is 12.0 Å². The fourth-order valence-electron chi connectivity index (χ4n) is 9.24. The van der Waals surface area contributed by atoms with E-state index >= 15 is 0 Å². The number of hydrogen-bond donors (Lipinski definition) is 4. The number of ether oxygens (including phenoxy) is 1. The number of nitrogens with zero attached hydrogens (tertiary/aromatic N) is 3.